The number of nitrogens with one attached hydrogen (secondary N) is 2. The van der Waals surface area contributed by atoms with E-state index in [2.05, 4.69) is 26.6 Å². The minimum atomic E-state index is -4.15. The first-order valence-corrected chi connectivity index (χ1v) is 12.4. The van der Waals surface area contributed by atoms with E-state index >= 15 is 0 Å². The molecule has 8 nitrogen and oxygen atoms in total. The van der Waals surface area contributed by atoms with Crippen molar-refractivity contribution < 1.29 is 22.2 Å². The molecule has 0 saturated heterocycles. The summed E-state index contributed by atoms with van der Waals surface area (Å²) < 4.78 is 30.8. The molecule has 10 heteroatoms. The maximum Gasteiger partial charge on any atom is 0.339 e. The van der Waals surface area contributed by atoms with E-state index in [0.29, 0.717) is 21.4 Å². The topological polar surface area (TPSA) is 125 Å². The molecule has 3 aromatic carbocycles. The fourth-order valence-corrected chi connectivity index (χ4v) is 4.52. The second-order valence-electron chi connectivity index (χ2n) is 7.43. The molecule has 0 aliphatic heterocycles. The number of nitriles is 1. The molecule has 0 aromatic heterocycles. The summed E-state index contributed by atoms with van der Waals surface area (Å²) in [5.74, 6) is -0.822. The van der Waals surface area contributed by atoms with Crippen LogP contribution < -0.4 is 14.8 Å². The lowest BCUT2D eigenvalue weighted by Crippen LogP contribution is -2.13. The number of carbonyl (C=O) groups excluding carboxylic acids is 2. The molecular weight excluding hydrogens is 534 g/mol. The monoisotopic (exact) mass is 553 g/mol. The van der Waals surface area contributed by atoms with Gasteiger partial charge in [0.1, 0.15) is 16.5 Å². The molecule has 0 heterocycles. The predicted molar refractivity (Wildman–Crippen MR) is 136 cm³/mol. The molecule has 0 radical (unpaired) electrons. The highest BCUT2D eigenvalue weighted by Gasteiger charge is 2.19. The lowest BCUT2D eigenvalue weighted by Gasteiger charge is -2.10. The summed E-state index contributed by atoms with van der Waals surface area (Å²) in [4.78, 5) is 23.5. The van der Waals surface area contributed by atoms with Crippen LogP contribution in [0.2, 0.25) is 0 Å². The number of halogens is 1. The van der Waals surface area contributed by atoms with E-state index in [0.717, 1.165) is 5.56 Å². The number of hydrogen-bond acceptors (Lipinski definition) is 6. The Balaban J connectivity index is 1.77. The number of nitrogens with zero attached hydrogens (tertiary/aromatic N) is 1. The Morgan fingerprint density at radius 1 is 1.00 bits per heavy atom. The van der Waals surface area contributed by atoms with Gasteiger partial charge < -0.3 is 14.8 Å². The first kappa shape index (κ1) is 25.7. The molecular formula is C25H20BrN3O5S. The van der Waals surface area contributed by atoms with Gasteiger partial charge in [-0.3, -0.25) is 9.59 Å². The van der Waals surface area contributed by atoms with Crippen molar-refractivity contribution in [2.45, 2.75) is 18.7 Å². The summed E-state index contributed by atoms with van der Waals surface area (Å²) in [5, 5.41) is 14.7. The van der Waals surface area contributed by atoms with E-state index in [4.69, 9.17) is 4.18 Å². The maximum atomic E-state index is 12.6. The zero-order valence-electron chi connectivity index (χ0n) is 18.7. The molecule has 0 fully saturated rings. The van der Waals surface area contributed by atoms with Crippen LogP contribution in [0.15, 0.2) is 81.7 Å². The third-order valence-corrected chi connectivity index (χ3v) is 6.44. The van der Waals surface area contributed by atoms with Gasteiger partial charge >= 0.3 is 10.1 Å². The van der Waals surface area contributed by atoms with E-state index in [1.165, 1.54) is 55.5 Å². The number of amides is 2. The first-order valence-electron chi connectivity index (χ1n) is 10.2. The van der Waals surface area contributed by atoms with E-state index < -0.39 is 16.0 Å². The zero-order valence-corrected chi connectivity index (χ0v) is 21.1. The van der Waals surface area contributed by atoms with Gasteiger partial charge in [0.05, 0.1) is 4.47 Å². The predicted octanol–water partition coefficient (Wildman–Crippen LogP) is 5.03. The van der Waals surface area contributed by atoms with Gasteiger partial charge in [0.25, 0.3) is 5.91 Å². The van der Waals surface area contributed by atoms with Crippen LogP contribution in [-0.2, 0) is 19.7 Å². The molecule has 178 valence electrons. The average molecular weight is 554 g/mol. The molecule has 0 spiro atoms. The zero-order chi connectivity index (χ0) is 25.6. The van der Waals surface area contributed by atoms with Crippen molar-refractivity contribution in [3.8, 4) is 11.8 Å². The largest absolute Gasteiger partial charge is 0.378 e. The molecule has 0 aliphatic rings. The van der Waals surface area contributed by atoms with Crippen LogP contribution in [0.1, 0.15) is 18.1 Å². The Bertz CT molecular complexity index is 1460. The van der Waals surface area contributed by atoms with Crippen molar-refractivity contribution in [1.29, 1.82) is 5.26 Å². The second kappa shape index (κ2) is 11.0. The van der Waals surface area contributed by atoms with Crippen molar-refractivity contribution in [2.75, 3.05) is 10.6 Å². The number of anilines is 2. The summed E-state index contributed by atoms with van der Waals surface area (Å²) in [7, 11) is -4.15. The third-order valence-electron chi connectivity index (χ3n) is 4.57. The fourth-order valence-electron chi connectivity index (χ4n) is 2.99. The van der Waals surface area contributed by atoms with E-state index in [1.54, 1.807) is 18.2 Å². The highest BCUT2D eigenvalue weighted by Crippen LogP contribution is 2.30. The Morgan fingerprint density at radius 2 is 1.71 bits per heavy atom. The lowest BCUT2D eigenvalue weighted by atomic mass is 10.1. The normalized spacial score (nSPS) is 11.3. The number of rotatable bonds is 7. The van der Waals surface area contributed by atoms with E-state index in [1.807, 2.05) is 19.1 Å². The Hall–Kier alpha value is -3.94. The minimum Gasteiger partial charge on any atom is -0.378 e. The van der Waals surface area contributed by atoms with Crippen LogP contribution in [0.25, 0.3) is 6.08 Å². The quantitative estimate of drug-likeness (QED) is 0.240. The molecule has 0 saturated carbocycles. The Morgan fingerprint density at radius 3 is 2.31 bits per heavy atom. The Kier molecular flexibility index (Phi) is 8.06. The van der Waals surface area contributed by atoms with Crippen LogP contribution in [0.4, 0.5) is 11.4 Å². The third kappa shape index (κ3) is 7.02. The van der Waals surface area contributed by atoms with Gasteiger partial charge in [-0.25, -0.2) is 0 Å². The fraction of sp³-hybridized carbons (Fsp3) is 0.0800. The van der Waals surface area contributed by atoms with Crippen LogP contribution in [0.5, 0.6) is 5.75 Å². The standard InChI is InChI=1S/C25H20BrN3O5S/c1-16-4-3-5-21(12-16)29-25(31)19(15-27)13-18-6-11-24(23(26)14-18)34-35(32,33)22-9-7-20(8-10-22)28-17(2)30/h3-14H,1-2H3,(H,28,30)(H,29,31)/b19-13+. The summed E-state index contributed by atoms with van der Waals surface area (Å²) >= 11 is 3.27. The Labute approximate surface area is 211 Å². The van der Waals surface area contributed by atoms with E-state index in [-0.39, 0.29) is 22.1 Å². The van der Waals surface area contributed by atoms with Gasteiger partial charge in [0.2, 0.25) is 5.91 Å². The molecule has 3 aromatic rings. The number of aryl methyl sites for hydroxylation is 1. The van der Waals surface area contributed by atoms with Gasteiger partial charge in [-0.05, 0) is 88.6 Å². The number of hydrogen-bond donors (Lipinski definition) is 2. The van der Waals surface area contributed by atoms with Crippen molar-refractivity contribution in [3.05, 3.63) is 87.9 Å². The van der Waals surface area contributed by atoms with Crippen LogP contribution in [0.3, 0.4) is 0 Å². The van der Waals surface area contributed by atoms with Crippen LogP contribution in [-0.4, -0.2) is 20.2 Å². The van der Waals surface area contributed by atoms with Gasteiger partial charge in [-0.1, -0.05) is 18.2 Å². The van der Waals surface area contributed by atoms with Crippen molar-refractivity contribution in [1.82, 2.24) is 0 Å². The molecule has 0 atom stereocenters. The second-order valence-corrected chi connectivity index (χ2v) is 9.83. The molecule has 35 heavy (non-hydrogen) atoms. The van der Waals surface area contributed by atoms with E-state index in [9.17, 15) is 23.3 Å². The molecule has 2 amide bonds. The summed E-state index contributed by atoms with van der Waals surface area (Å²) in [5.41, 5.74) is 2.34. The maximum absolute atomic E-state index is 12.6. The molecule has 3 rings (SSSR count). The first-order chi connectivity index (χ1) is 16.6. The summed E-state index contributed by atoms with van der Waals surface area (Å²) in [6, 6.07) is 19.1. The molecule has 2 N–H and O–H groups in total. The van der Waals surface area contributed by atoms with Gasteiger partial charge in [0, 0.05) is 18.3 Å². The number of benzene rings is 3. The minimum absolute atomic E-state index is 0.0239. The smallest absolute Gasteiger partial charge is 0.339 e. The van der Waals surface area contributed by atoms with Gasteiger partial charge in [0.15, 0.2) is 5.75 Å². The molecule has 0 aliphatic carbocycles. The van der Waals surface area contributed by atoms with Crippen molar-refractivity contribution in [2.24, 2.45) is 0 Å². The van der Waals surface area contributed by atoms with Gasteiger partial charge in [-0.15, -0.1) is 0 Å². The summed E-state index contributed by atoms with van der Waals surface area (Å²) in [6.07, 6.45) is 1.38. The van der Waals surface area contributed by atoms with Crippen LogP contribution >= 0.6 is 15.9 Å². The van der Waals surface area contributed by atoms with Crippen molar-refractivity contribution >= 4 is 55.3 Å². The van der Waals surface area contributed by atoms with Crippen molar-refractivity contribution in [3.63, 3.8) is 0 Å². The SMILES string of the molecule is CC(=O)Nc1ccc(S(=O)(=O)Oc2ccc(/C=C(\C#N)C(=O)Nc3cccc(C)c3)cc2Br)cc1. The highest BCUT2D eigenvalue weighted by atomic mass is 79.9. The lowest BCUT2D eigenvalue weighted by molar-refractivity contribution is -0.114. The molecule has 0 bridgehead atoms. The highest BCUT2D eigenvalue weighted by molar-refractivity contribution is 9.10. The molecule has 0 unspecified atom stereocenters. The summed E-state index contributed by atoms with van der Waals surface area (Å²) in [6.45, 7) is 3.24. The number of carbonyl (C=O) groups is 2. The van der Waals surface area contributed by atoms with Gasteiger partial charge in [-0.2, -0.15) is 13.7 Å². The van der Waals surface area contributed by atoms with Crippen LogP contribution in [0, 0.1) is 18.3 Å². The average Bonchev–Trinajstić information content (AvgIpc) is 2.79.